The molecule has 1 aromatic heterocycles. The van der Waals surface area contributed by atoms with Crippen LogP contribution in [0, 0.1) is 13.8 Å². The fourth-order valence-electron chi connectivity index (χ4n) is 3.37. The summed E-state index contributed by atoms with van der Waals surface area (Å²) in [5.41, 5.74) is 8.07. The Bertz CT molecular complexity index is 993. The molecule has 0 fully saturated rings. The summed E-state index contributed by atoms with van der Waals surface area (Å²) in [5, 5.41) is 4.12. The van der Waals surface area contributed by atoms with Gasteiger partial charge in [-0.3, -0.25) is 4.79 Å². The molecule has 3 heteroatoms. The van der Waals surface area contributed by atoms with E-state index in [1.165, 1.54) is 27.6 Å². The Balaban J connectivity index is 1.97. The monoisotopic (exact) mass is 346 g/mol. The molecule has 3 aromatic rings. The molecule has 0 aliphatic rings. The van der Waals surface area contributed by atoms with E-state index in [9.17, 15) is 4.79 Å². The van der Waals surface area contributed by atoms with Gasteiger partial charge in [-0.15, -0.1) is 0 Å². The van der Waals surface area contributed by atoms with Crippen LogP contribution in [-0.4, -0.2) is 16.9 Å². The number of hydrogen-bond donors (Lipinski definition) is 2. The van der Waals surface area contributed by atoms with Crippen molar-refractivity contribution in [3.8, 4) is 11.1 Å². The number of fused-ring (bicyclic) bond motifs is 1. The Morgan fingerprint density at radius 2 is 1.85 bits per heavy atom. The van der Waals surface area contributed by atoms with Gasteiger partial charge >= 0.3 is 0 Å². The number of rotatable bonds is 4. The van der Waals surface area contributed by atoms with Crippen LogP contribution in [0.4, 0.5) is 0 Å². The van der Waals surface area contributed by atoms with E-state index < -0.39 is 0 Å². The molecule has 0 unspecified atom stereocenters. The van der Waals surface area contributed by atoms with Crippen LogP contribution in [0.1, 0.15) is 37.5 Å². The molecule has 0 bridgehead atoms. The van der Waals surface area contributed by atoms with Crippen molar-refractivity contribution >= 4 is 22.4 Å². The maximum absolute atomic E-state index is 12.0. The van der Waals surface area contributed by atoms with Gasteiger partial charge in [0, 0.05) is 23.8 Å². The van der Waals surface area contributed by atoms with Gasteiger partial charge < -0.3 is 10.3 Å². The van der Waals surface area contributed by atoms with Gasteiger partial charge in [-0.05, 0) is 91.6 Å². The molecule has 3 nitrogen and oxygen atoms in total. The zero-order valence-electron chi connectivity index (χ0n) is 16.1. The smallest absolute Gasteiger partial charge is 0.244 e. The van der Waals surface area contributed by atoms with Crippen LogP contribution in [0.5, 0.6) is 0 Å². The normalized spacial score (nSPS) is 12.0. The molecule has 0 atom stereocenters. The zero-order valence-corrected chi connectivity index (χ0v) is 16.1. The van der Waals surface area contributed by atoms with Gasteiger partial charge in [-0.2, -0.15) is 0 Å². The number of allylic oxidation sites excluding steroid dienone is 1. The van der Waals surface area contributed by atoms with Gasteiger partial charge in [-0.25, -0.2) is 0 Å². The second-order valence-electron chi connectivity index (χ2n) is 7.25. The van der Waals surface area contributed by atoms with Crippen LogP contribution in [0.2, 0.25) is 0 Å². The third-order valence-corrected chi connectivity index (χ3v) is 4.64. The minimum atomic E-state index is -0.0449. The number of aryl methyl sites for hydroxylation is 2. The molecule has 0 aliphatic carbocycles. The fraction of sp³-hybridized carbons (Fsp3) is 0.261. The molecule has 26 heavy (non-hydrogen) atoms. The first kappa shape index (κ1) is 18.0. The first-order valence-electron chi connectivity index (χ1n) is 9.03. The summed E-state index contributed by atoms with van der Waals surface area (Å²) < 4.78 is 0. The number of nitrogens with one attached hydrogen (secondary N) is 2. The molecule has 3 rings (SSSR count). The van der Waals surface area contributed by atoms with E-state index in [2.05, 4.69) is 60.5 Å². The number of amides is 1. The fourth-order valence-corrected chi connectivity index (χ4v) is 3.37. The second-order valence-corrected chi connectivity index (χ2v) is 7.25. The zero-order chi connectivity index (χ0) is 18.8. The maximum atomic E-state index is 12.0. The Morgan fingerprint density at radius 1 is 1.08 bits per heavy atom. The van der Waals surface area contributed by atoms with Crippen molar-refractivity contribution in [3.05, 3.63) is 65.4 Å². The van der Waals surface area contributed by atoms with Crippen LogP contribution in [0.25, 0.3) is 27.6 Å². The molecule has 1 heterocycles. The quantitative estimate of drug-likeness (QED) is 0.612. The van der Waals surface area contributed by atoms with Crippen LogP contribution >= 0.6 is 0 Å². The molecule has 0 radical (unpaired) electrons. The SMILES string of the molecule is C/C(=C/C(=O)NC(C)C)c1cc(C)c(-c2ccc3[nH]ccc3c2)cc1C. The number of carbonyl (C=O) groups is 1. The third-order valence-electron chi connectivity index (χ3n) is 4.64. The summed E-state index contributed by atoms with van der Waals surface area (Å²) in [5.74, 6) is -0.0449. The molecule has 0 saturated carbocycles. The van der Waals surface area contributed by atoms with Crippen LogP contribution in [0.3, 0.4) is 0 Å². The van der Waals surface area contributed by atoms with Crippen molar-refractivity contribution in [2.24, 2.45) is 0 Å². The molecule has 134 valence electrons. The van der Waals surface area contributed by atoms with E-state index in [-0.39, 0.29) is 11.9 Å². The van der Waals surface area contributed by atoms with E-state index in [1.807, 2.05) is 27.0 Å². The molecule has 1 amide bonds. The summed E-state index contributed by atoms with van der Waals surface area (Å²) in [6, 6.07) is 13.1. The second kappa shape index (κ2) is 7.20. The van der Waals surface area contributed by atoms with E-state index in [4.69, 9.17) is 0 Å². The first-order valence-corrected chi connectivity index (χ1v) is 9.03. The largest absolute Gasteiger partial charge is 0.361 e. The summed E-state index contributed by atoms with van der Waals surface area (Å²) in [7, 11) is 0. The highest BCUT2D eigenvalue weighted by Gasteiger charge is 2.10. The van der Waals surface area contributed by atoms with E-state index >= 15 is 0 Å². The Labute approximate surface area is 155 Å². The number of carbonyl (C=O) groups excluding carboxylic acids is 1. The van der Waals surface area contributed by atoms with Crippen molar-refractivity contribution in [2.75, 3.05) is 0 Å². The molecule has 0 aliphatic heterocycles. The van der Waals surface area contributed by atoms with E-state index in [0.29, 0.717) is 0 Å². The molecule has 0 saturated heterocycles. The number of benzene rings is 2. The Kier molecular flexibility index (Phi) is 4.99. The average Bonchev–Trinajstić information content (AvgIpc) is 3.03. The van der Waals surface area contributed by atoms with Gasteiger partial charge in [0.25, 0.3) is 0 Å². The molecular formula is C23H26N2O. The van der Waals surface area contributed by atoms with Crippen LogP contribution in [0.15, 0.2) is 48.7 Å². The summed E-state index contributed by atoms with van der Waals surface area (Å²) in [4.78, 5) is 15.3. The predicted molar refractivity (Wildman–Crippen MR) is 110 cm³/mol. The van der Waals surface area contributed by atoms with Gasteiger partial charge in [0.1, 0.15) is 0 Å². The highest BCUT2D eigenvalue weighted by molar-refractivity contribution is 5.95. The highest BCUT2D eigenvalue weighted by Crippen LogP contribution is 2.31. The van der Waals surface area contributed by atoms with Gasteiger partial charge in [0.2, 0.25) is 5.91 Å². The van der Waals surface area contributed by atoms with Crippen molar-refractivity contribution in [2.45, 2.75) is 40.7 Å². The lowest BCUT2D eigenvalue weighted by Gasteiger charge is -2.14. The van der Waals surface area contributed by atoms with E-state index in [0.717, 1.165) is 16.7 Å². The minimum absolute atomic E-state index is 0.0449. The number of hydrogen-bond acceptors (Lipinski definition) is 1. The summed E-state index contributed by atoms with van der Waals surface area (Å²) >= 11 is 0. The van der Waals surface area contributed by atoms with Crippen molar-refractivity contribution < 1.29 is 4.79 Å². The third kappa shape index (κ3) is 3.72. The maximum Gasteiger partial charge on any atom is 0.244 e. The van der Waals surface area contributed by atoms with Gasteiger partial charge in [0.05, 0.1) is 0 Å². The van der Waals surface area contributed by atoms with Crippen molar-refractivity contribution in [1.29, 1.82) is 0 Å². The minimum Gasteiger partial charge on any atom is -0.361 e. The lowest BCUT2D eigenvalue weighted by molar-refractivity contribution is -0.116. The summed E-state index contributed by atoms with van der Waals surface area (Å²) in [6.07, 6.45) is 3.65. The Hall–Kier alpha value is -2.81. The molecule has 0 spiro atoms. The number of aromatic nitrogens is 1. The molecule has 2 aromatic carbocycles. The number of H-pyrrole nitrogens is 1. The molecule has 2 N–H and O–H groups in total. The lowest BCUT2D eigenvalue weighted by atomic mass is 9.91. The van der Waals surface area contributed by atoms with Gasteiger partial charge in [-0.1, -0.05) is 18.2 Å². The van der Waals surface area contributed by atoms with Crippen molar-refractivity contribution in [1.82, 2.24) is 10.3 Å². The van der Waals surface area contributed by atoms with E-state index in [1.54, 1.807) is 6.08 Å². The van der Waals surface area contributed by atoms with Gasteiger partial charge in [0.15, 0.2) is 0 Å². The molecular weight excluding hydrogens is 320 g/mol. The number of aromatic amines is 1. The summed E-state index contributed by atoms with van der Waals surface area (Å²) in [6.45, 7) is 10.2. The highest BCUT2D eigenvalue weighted by atomic mass is 16.1. The lowest BCUT2D eigenvalue weighted by Crippen LogP contribution is -2.28. The first-order chi connectivity index (χ1) is 12.3. The Morgan fingerprint density at radius 3 is 2.58 bits per heavy atom. The predicted octanol–water partition coefficient (Wildman–Crippen LogP) is 5.38. The van der Waals surface area contributed by atoms with Crippen LogP contribution in [-0.2, 0) is 4.79 Å². The standard InChI is InChI=1S/C23H26N2O/c1-14(2)25-23(26)12-17(5)20-10-16(4)21(11-15(20)3)18-6-7-22-19(13-18)8-9-24-22/h6-14,24H,1-5H3,(H,25,26)/b17-12-. The topological polar surface area (TPSA) is 44.9 Å². The van der Waals surface area contributed by atoms with Crippen LogP contribution < -0.4 is 5.32 Å². The van der Waals surface area contributed by atoms with Crippen molar-refractivity contribution in [3.63, 3.8) is 0 Å². The average molecular weight is 346 g/mol.